The Morgan fingerprint density at radius 2 is 1.94 bits per heavy atom. The van der Waals surface area contributed by atoms with Crippen molar-refractivity contribution in [1.29, 1.82) is 5.26 Å². The first-order valence-corrected chi connectivity index (χ1v) is 9.93. The Hall–Kier alpha value is -4.32. The van der Waals surface area contributed by atoms with Crippen LogP contribution in [0.25, 0.3) is 11.4 Å². The Bertz CT molecular complexity index is 1320. The van der Waals surface area contributed by atoms with Crippen LogP contribution in [0.3, 0.4) is 0 Å². The Morgan fingerprint density at radius 1 is 1.16 bits per heavy atom. The lowest BCUT2D eigenvalue weighted by atomic mass is 10.2. The molecule has 0 bridgehead atoms. The fourth-order valence-corrected chi connectivity index (χ4v) is 3.45. The van der Waals surface area contributed by atoms with E-state index in [2.05, 4.69) is 26.8 Å². The van der Waals surface area contributed by atoms with Gasteiger partial charge in [0.2, 0.25) is 11.7 Å². The van der Waals surface area contributed by atoms with Crippen LogP contribution in [-0.4, -0.2) is 30.7 Å². The van der Waals surface area contributed by atoms with Gasteiger partial charge in [-0.1, -0.05) is 42.5 Å². The molecule has 0 aliphatic carbocycles. The van der Waals surface area contributed by atoms with Crippen molar-refractivity contribution in [2.24, 2.45) is 0 Å². The molecule has 0 saturated carbocycles. The molecule has 4 rings (SSSR count). The van der Waals surface area contributed by atoms with Gasteiger partial charge in [-0.3, -0.25) is 4.79 Å². The van der Waals surface area contributed by atoms with Crippen molar-refractivity contribution < 1.29 is 9.18 Å². The third-order valence-electron chi connectivity index (χ3n) is 5.20. The van der Waals surface area contributed by atoms with E-state index in [-0.39, 0.29) is 12.4 Å². The predicted molar refractivity (Wildman–Crippen MR) is 116 cm³/mol. The van der Waals surface area contributed by atoms with Crippen LogP contribution < -0.4 is 5.32 Å². The second-order valence-corrected chi connectivity index (χ2v) is 7.32. The summed E-state index contributed by atoms with van der Waals surface area (Å²) >= 11 is 0. The summed E-state index contributed by atoms with van der Waals surface area (Å²) in [7, 11) is 0. The number of rotatable bonds is 6. The van der Waals surface area contributed by atoms with Crippen LogP contribution in [0.2, 0.25) is 0 Å². The van der Waals surface area contributed by atoms with Gasteiger partial charge >= 0.3 is 0 Å². The van der Waals surface area contributed by atoms with Crippen molar-refractivity contribution in [3.05, 3.63) is 82.8 Å². The van der Waals surface area contributed by atoms with Crippen LogP contribution in [0.5, 0.6) is 0 Å². The van der Waals surface area contributed by atoms with Crippen molar-refractivity contribution in [3.8, 4) is 17.5 Å². The highest BCUT2D eigenvalue weighted by atomic mass is 19.1. The Labute approximate surface area is 183 Å². The number of hydrogen-bond acceptors (Lipinski definition) is 5. The molecular formula is C23H20FN7O. The summed E-state index contributed by atoms with van der Waals surface area (Å²) < 4.78 is 15.3. The summed E-state index contributed by atoms with van der Waals surface area (Å²) in [6, 6.07) is 17.8. The fraction of sp³-hybridized carbons (Fsp3) is 0.174. The van der Waals surface area contributed by atoms with Gasteiger partial charge in [-0.15, -0.1) is 10.2 Å². The van der Waals surface area contributed by atoms with E-state index in [9.17, 15) is 14.4 Å². The van der Waals surface area contributed by atoms with Crippen LogP contribution in [0, 0.1) is 31.0 Å². The van der Waals surface area contributed by atoms with Crippen LogP contribution in [0.15, 0.2) is 54.6 Å². The highest BCUT2D eigenvalue weighted by molar-refractivity contribution is 5.91. The van der Waals surface area contributed by atoms with Gasteiger partial charge in [0.05, 0.1) is 5.56 Å². The van der Waals surface area contributed by atoms with Crippen molar-refractivity contribution in [2.45, 2.75) is 26.9 Å². The summed E-state index contributed by atoms with van der Waals surface area (Å²) in [4.78, 5) is 13.9. The molecular weight excluding hydrogens is 409 g/mol. The molecule has 8 nitrogen and oxygen atoms in total. The van der Waals surface area contributed by atoms with E-state index in [1.54, 1.807) is 12.1 Å². The maximum Gasteiger partial charge on any atom is 0.249 e. The normalized spacial score (nSPS) is 10.7. The number of nitriles is 1. The van der Waals surface area contributed by atoms with Gasteiger partial charge in [0, 0.05) is 17.8 Å². The number of tetrazole rings is 1. The van der Waals surface area contributed by atoms with Crippen molar-refractivity contribution in [2.75, 3.05) is 5.32 Å². The van der Waals surface area contributed by atoms with Crippen LogP contribution in [0.4, 0.5) is 10.2 Å². The standard InChI is InChI=1S/C23H20FN7O/c1-15-16(2)30(13-17-7-4-3-5-8-17)23(20(15)12-25)26-21(32)14-31-28-22(27-29-31)18-9-6-10-19(24)11-18/h3-11H,13-14H2,1-2H3,(H,26,32). The third-order valence-corrected chi connectivity index (χ3v) is 5.20. The lowest BCUT2D eigenvalue weighted by molar-refractivity contribution is -0.117. The lowest BCUT2D eigenvalue weighted by Gasteiger charge is -2.13. The molecule has 160 valence electrons. The van der Waals surface area contributed by atoms with Crippen molar-refractivity contribution in [3.63, 3.8) is 0 Å². The number of carbonyl (C=O) groups excluding carboxylic acids is 1. The minimum Gasteiger partial charge on any atom is -0.326 e. The number of nitrogens with one attached hydrogen (secondary N) is 1. The lowest BCUT2D eigenvalue weighted by Crippen LogP contribution is -2.23. The van der Waals surface area contributed by atoms with E-state index in [1.807, 2.05) is 48.7 Å². The van der Waals surface area contributed by atoms with E-state index >= 15 is 0 Å². The van der Waals surface area contributed by atoms with Gasteiger partial charge in [0.15, 0.2) is 0 Å². The number of benzene rings is 2. The van der Waals surface area contributed by atoms with E-state index < -0.39 is 11.7 Å². The zero-order valence-electron chi connectivity index (χ0n) is 17.6. The van der Waals surface area contributed by atoms with Gasteiger partial charge in [-0.2, -0.15) is 10.1 Å². The maximum atomic E-state index is 13.4. The maximum absolute atomic E-state index is 13.4. The number of amides is 1. The molecule has 0 aliphatic heterocycles. The minimum atomic E-state index is -0.412. The predicted octanol–water partition coefficient (Wildman–Crippen LogP) is 3.46. The van der Waals surface area contributed by atoms with E-state index in [0.29, 0.717) is 23.5 Å². The summed E-state index contributed by atoms with van der Waals surface area (Å²) in [5, 5.41) is 24.4. The fourth-order valence-electron chi connectivity index (χ4n) is 3.45. The SMILES string of the molecule is Cc1c(C#N)c(NC(=O)Cn2nnc(-c3cccc(F)c3)n2)n(Cc2ccccc2)c1C. The summed E-state index contributed by atoms with van der Waals surface area (Å²) in [6.45, 7) is 4.08. The van der Waals surface area contributed by atoms with Crippen molar-refractivity contribution in [1.82, 2.24) is 24.8 Å². The average Bonchev–Trinajstić information content (AvgIpc) is 3.33. The number of nitrogens with zero attached hydrogens (tertiary/aromatic N) is 6. The number of anilines is 1. The molecule has 4 aromatic rings. The molecule has 0 spiro atoms. The monoisotopic (exact) mass is 429 g/mol. The van der Waals surface area contributed by atoms with Gasteiger partial charge in [0.1, 0.15) is 24.2 Å². The largest absolute Gasteiger partial charge is 0.326 e. The Morgan fingerprint density at radius 3 is 2.66 bits per heavy atom. The number of aromatic nitrogens is 5. The van der Waals surface area contributed by atoms with Gasteiger partial charge in [0.25, 0.3) is 0 Å². The molecule has 0 aliphatic rings. The topological polar surface area (TPSA) is 101 Å². The average molecular weight is 429 g/mol. The number of halogens is 1. The number of hydrogen-bond donors (Lipinski definition) is 1. The zero-order chi connectivity index (χ0) is 22.7. The van der Waals surface area contributed by atoms with Crippen LogP contribution >= 0.6 is 0 Å². The van der Waals surface area contributed by atoms with Crippen LogP contribution in [0.1, 0.15) is 22.4 Å². The van der Waals surface area contributed by atoms with E-state index in [1.165, 1.54) is 12.1 Å². The van der Waals surface area contributed by atoms with E-state index in [4.69, 9.17) is 0 Å². The summed E-state index contributed by atoms with van der Waals surface area (Å²) in [6.07, 6.45) is 0. The Balaban J connectivity index is 1.56. The first kappa shape index (κ1) is 20.9. The molecule has 0 radical (unpaired) electrons. The van der Waals surface area contributed by atoms with Crippen molar-refractivity contribution >= 4 is 11.7 Å². The smallest absolute Gasteiger partial charge is 0.249 e. The molecule has 32 heavy (non-hydrogen) atoms. The van der Waals surface area contributed by atoms with Gasteiger partial charge < -0.3 is 9.88 Å². The third kappa shape index (κ3) is 4.25. The molecule has 1 N–H and O–H groups in total. The Kier molecular flexibility index (Phi) is 5.77. The molecule has 2 heterocycles. The molecule has 2 aromatic carbocycles. The molecule has 0 unspecified atom stereocenters. The molecule has 0 atom stereocenters. The first-order chi connectivity index (χ1) is 15.5. The van der Waals surface area contributed by atoms with E-state index in [0.717, 1.165) is 21.6 Å². The molecule has 1 amide bonds. The second kappa shape index (κ2) is 8.81. The quantitative estimate of drug-likeness (QED) is 0.506. The zero-order valence-corrected chi connectivity index (χ0v) is 17.6. The van der Waals surface area contributed by atoms with Gasteiger partial charge in [-0.25, -0.2) is 4.39 Å². The minimum absolute atomic E-state index is 0.207. The number of carbonyl (C=O) groups is 1. The highest BCUT2D eigenvalue weighted by Crippen LogP contribution is 2.27. The van der Waals surface area contributed by atoms with Gasteiger partial charge in [-0.05, 0) is 42.3 Å². The molecule has 0 saturated heterocycles. The molecule has 9 heteroatoms. The second-order valence-electron chi connectivity index (χ2n) is 7.32. The summed E-state index contributed by atoms with van der Waals surface area (Å²) in [5.74, 6) is -0.168. The first-order valence-electron chi connectivity index (χ1n) is 9.93. The molecule has 0 fully saturated rings. The summed E-state index contributed by atoms with van der Waals surface area (Å²) in [5.41, 5.74) is 3.63. The molecule has 2 aromatic heterocycles. The highest BCUT2D eigenvalue weighted by Gasteiger charge is 2.20. The van der Waals surface area contributed by atoms with Crippen LogP contribution in [-0.2, 0) is 17.9 Å².